The van der Waals surface area contributed by atoms with E-state index < -0.39 is 0 Å². The standard InChI is InChI=1S/C11H18O2/c1-3-5-7-8-9-11(12)13-10-6-4-2/h3-7,10H2,1-2H3. The topological polar surface area (TPSA) is 26.3 Å². The SMILES string of the molecule is CCCCC#CC(=O)OCCCC. The molecule has 2 nitrogen and oxygen atoms in total. The van der Waals surface area contributed by atoms with Crippen LogP contribution in [0.3, 0.4) is 0 Å². The Bertz CT molecular complexity index is 186. The lowest BCUT2D eigenvalue weighted by Gasteiger charge is -1.96. The fourth-order valence-electron chi connectivity index (χ4n) is 0.745. The highest BCUT2D eigenvalue weighted by atomic mass is 16.5. The molecule has 0 heterocycles. The fraction of sp³-hybridized carbons (Fsp3) is 0.727. The average Bonchev–Trinajstić information content (AvgIpc) is 2.13. The Morgan fingerprint density at radius 2 is 1.92 bits per heavy atom. The second kappa shape index (κ2) is 9.12. The molecule has 0 spiro atoms. The highest BCUT2D eigenvalue weighted by molar-refractivity contribution is 5.88. The zero-order valence-electron chi connectivity index (χ0n) is 8.56. The lowest BCUT2D eigenvalue weighted by atomic mass is 10.2. The molecular weight excluding hydrogens is 164 g/mol. The van der Waals surface area contributed by atoms with Gasteiger partial charge in [0.1, 0.15) is 0 Å². The summed E-state index contributed by atoms with van der Waals surface area (Å²) in [5.41, 5.74) is 0. The van der Waals surface area contributed by atoms with Crippen LogP contribution in [-0.4, -0.2) is 12.6 Å². The smallest absolute Gasteiger partial charge is 0.384 e. The molecule has 0 amide bonds. The summed E-state index contributed by atoms with van der Waals surface area (Å²) < 4.78 is 4.85. The highest BCUT2D eigenvalue weighted by Gasteiger charge is 1.94. The van der Waals surface area contributed by atoms with Crippen molar-refractivity contribution in [3.63, 3.8) is 0 Å². The van der Waals surface area contributed by atoms with Gasteiger partial charge in [-0.1, -0.05) is 32.6 Å². The molecule has 0 aromatic rings. The van der Waals surface area contributed by atoms with Gasteiger partial charge < -0.3 is 4.74 Å². The van der Waals surface area contributed by atoms with Gasteiger partial charge in [0.15, 0.2) is 0 Å². The predicted octanol–water partition coefficient (Wildman–Crippen LogP) is 2.52. The van der Waals surface area contributed by atoms with Gasteiger partial charge in [0.2, 0.25) is 0 Å². The molecule has 0 saturated carbocycles. The largest absolute Gasteiger partial charge is 0.456 e. The van der Waals surface area contributed by atoms with Crippen molar-refractivity contribution in [3.05, 3.63) is 0 Å². The maximum atomic E-state index is 10.9. The van der Waals surface area contributed by atoms with Crippen LogP contribution in [0, 0.1) is 11.8 Å². The van der Waals surface area contributed by atoms with Gasteiger partial charge in [0, 0.05) is 12.3 Å². The summed E-state index contributed by atoms with van der Waals surface area (Å²) in [6.45, 7) is 4.65. The van der Waals surface area contributed by atoms with E-state index >= 15 is 0 Å². The summed E-state index contributed by atoms with van der Waals surface area (Å²) in [5.74, 6) is 4.87. The molecule has 0 aliphatic heterocycles. The molecule has 0 aromatic carbocycles. The van der Waals surface area contributed by atoms with Crippen LogP contribution in [0.15, 0.2) is 0 Å². The first-order valence-electron chi connectivity index (χ1n) is 4.96. The maximum absolute atomic E-state index is 10.9. The number of rotatable bonds is 5. The van der Waals surface area contributed by atoms with Crippen LogP contribution in [0.4, 0.5) is 0 Å². The Morgan fingerprint density at radius 3 is 2.54 bits per heavy atom. The molecule has 0 fully saturated rings. The molecule has 13 heavy (non-hydrogen) atoms. The monoisotopic (exact) mass is 182 g/mol. The molecule has 0 N–H and O–H groups in total. The molecule has 0 unspecified atom stereocenters. The highest BCUT2D eigenvalue weighted by Crippen LogP contribution is 1.91. The minimum Gasteiger partial charge on any atom is -0.456 e. The van der Waals surface area contributed by atoms with Crippen LogP contribution >= 0.6 is 0 Å². The predicted molar refractivity (Wildman–Crippen MR) is 53.2 cm³/mol. The lowest BCUT2D eigenvalue weighted by Crippen LogP contribution is -2.02. The van der Waals surface area contributed by atoms with Gasteiger partial charge in [-0.2, -0.15) is 0 Å². The molecule has 0 saturated heterocycles. The summed E-state index contributed by atoms with van der Waals surface area (Å²) in [4.78, 5) is 10.9. The third kappa shape index (κ3) is 8.94. The molecule has 2 heteroatoms. The maximum Gasteiger partial charge on any atom is 0.384 e. The number of ether oxygens (including phenoxy) is 1. The third-order valence-corrected chi connectivity index (χ3v) is 1.58. The van der Waals surface area contributed by atoms with Gasteiger partial charge in [-0.25, -0.2) is 4.79 Å². The average molecular weight is 182 g/mol. The molecule has 0 aromatic heterocycles. The summed E-state index contributed by atoms with van der Waals surface area (Å²) in [7, 11) is 0. The van der Waals surface area contributed by atoms with Crippen molar-refractivity contribution in [2.45, 2.75) is 46.0 Å². The Hall–Kier alpha value is -0.970. The lowest BCUT2D eigenvalue weighted by molar-refractivity contribution is -0.136. The number of carbonyl (C=O) groups excluding carboxylic acids is 1. The van der Waals surface area contributed by atoms with Gasteiger partial charge in [0.05, 0.1) is 6.61 Å². The van der Waals surface area contributed by atoms with E-state index in [-0.39, 0.29) is 5.97 Å². The summed E-state index contributed by atoms with van der Waals surface area (Å²) >= 11 is 0. The Labute approximate surface area is 80.7 Å². The number of hydrogen-bond acceptors (Lipinski definition) is 2. The Kier molecular flexibility index (Phi) is 8.44. The summed E-state index contributed by atoms with van der Waals surface area (Å²) in [6, 6.07) is 0. The van der Waals surface area contributed by atoms with Crippen LogP contribution in [0.1, 0.15) is 46.0 Å². The first kappa shape index (κ1) is 12.0. The second-order valence-corrected chi connectivity index (χ2v) is 2.89. The second-order valence-electron chi connectivity index (χ2n) is 2.89. The zero-order valence-corrected chi connectivity index (χ0v) is 8.56. The molecule has 0 rings (SSSR count). The molecule has 0 atom stereocenters. The van der Waals surface area contributed by atoms with E-state index in [0.717, 1.165) is 32.1 Å². The molecule has 0 bridgehead atoms. The molecule has 0 aliphatic carbocycles. The van der Waals surface area contributed by atoms with Crippen LogP contribution in [0.5, 0.6) is 0 Å². The van der Waals surface area contributed by atoms with Crippen molar-refractivity contribution in [3.8, 4) is 11.8 Å². The summed E-state index contributed by atoms with van der Waals surface area (Å²) in [5, 5.41) is 0. The van der Waals surface area contributed by atoms with Crippen molar-refractivity contribution < 1.29 is 9.53 Å². The minimum atomic E-state index is -0.385. The molecule has 0 radical (unpaired) electrons. The number of unbranched alkanes of at least 4 members (excludes halogenated alkanes) is 3. The van der Waals surface area contributed by atoms with Gasteiger partial charge in [-0.3, -0.25) is 0 Å². The first-order valence-corrected chi connectivity index (χ1v) is 4.96. The van der Waals surface area contributed by atoms with E-state index in [1.165, 1.54) is 0 Å². The zero-order chi connectivity index (χ0) is 9.94. The van der Waals surface area contributed by atoms with Gasteiger partial charge in [-0.15, -0.1) is 0 Å². The van der Waals surface area contributed by atoms with Crippen molar-refractivity contribution in [1.82, 2.24) is 0 Å². The minimum absolute atomic E-state index is 0.385. The summed E-state index contributed by atoms with van der Waals surface area (Å²) in [6.07, 6.45) is 4.91. The van der Waals surface area contributed by atoms with E-state index in [1.807, 2.05) is 0 Å². The van der Waals surface area contributed by atoms with E-state index in [9.17, 15) is 4.79 Å². The first-order chi connectivity index (χ1) is 6.31. The van der Waals surface area contributed by atoms with Crippen LogP contribution in [0.25, 0.3) is 0 Å². The van der Waals surface area contributed by atoms with Crippen molar-refractivity contribution in [2.24, 2.45) is 0 Å². The molecular formula is C11H18O2. The Balaban J connectivity index is 3.41. The van der Waals surface area contributed by atoms with Crippen molar-refractivity contribution >= 4 is 5.97 Å². The quantitative estimate of drug-likeness (QED) is 0.282. The van der Waals surface area contributed by atoms with Gasteiger partial charge in [0.25, 0.3) is 0 Å². The van der Waals surface area contributed by atoms with E-state index in [1.54, 1.807) is 0 Å². The van der Waals surface area contributed by atoms with E-state index in [0.29, 0.717) is 6.61 Å². The molecule has 74 valence electrons. The van der Waals surface area contributed by atoms with Crippen LogP contribution in [-0.2, 0) is 9.53 Å². The van der Waals surface area contributed by atoms with Gasteiger partial charge >= 0.3 is 5.97 Å². The fourth-order valence-corrected chi connectivity index (χ4v) is 0.745. The molecule has 0 aliphatic rings. The van der Waals surface area contributed by atoms with E-state index in [2.05, 4.69) is 25.7 Å². The number of esters is 1. The Morgan fingerprint density at radius 1 is 1.23 bits per heavy atom. The van der Waals surface area contributed by atoms with Crippen LogP contribution in [0.2, 0.25) is 0 Å². The van der Waals surface area contributed by atoms with Crippen molar-refractivity contribution in [1.29, 1.82) is 0 Å². The van der Waals surface area contributed by atoms with Crippen LogP contribution < -0.4 is 0 Å². The number of hydrogen-bond donors (Lipinski definition) is 0. The van der Waals surface area contributed by atoms with Crippen molar-refractivity contribution in [2.75, 3.05) is 6.61 Å². The van der Waals surface area contributed by atoms with E-state index in [4.69, 9.17) is 4.74 Å². The third-order valence-electron chi connectivity index (χ3n) is 1.58. The normalized spacial score (nSPS) is 8.77. The van der Waals surface area contributed by atoms with Gasteiger partial charge in [-0.05, 0) is 12.8 Å². The number of carbonyl (C=O) groups is 1.